The largest absolute Gasteiger partial charge is 0.495 e. The van der Waals surface area contributed by atoms with Crippen LogP contribution in [0.3, 0.4) is 0 Å². The van der Waals surface area contributed by atoms with Gasteiger partial charge < -0.3 is 24.8 Å². The van der Waals surface area contributed by atoms with Gasteiger partial charge in [-0.05, 0) is 29.8 Å². The Kier molecular flexibility index (Phi) is 5.88. The molecular formula is C19H21N5O3. The molecule has 3 aromatic rings. The van der Waals surface area contributed by atoms with Crippen molar-refractivity contribution in [2.75, 3.05) is 32.0 Å². The number of nitrogens with one attached hydrogen (secondary N) is 2. The molecular weight excluding hydrogens is 346 g/mol. The van der Waals surface area contributed by atoms with E-state index in [9.17, 15) is 0 Å². The average Bonchev–Trinajstić information content (AvgIpc) is 2.72. The molecule has 0 aliphatic heterocycles. The lowest BCUT2D eigenvalue weighted by atomic mass is 10.2. The van der Waals surface area contributed by atoms with E-state index in [1.54, 1.807) is 27.5 Å². The van der Waals surface area contributed by atoms with Crippen LogP contribution in [0.5, 0.6) is 17.2 Å². The molecule has 2 N–H and O–H groups in total. The van der Waals surface area contributed by atoms with Gasteiger partial charge in [-0.2, -0.15) is 10.1 Å². The second-order valence-corrected chi connectivity index (χ2v) is 5.53. The highest BCUT2D eigenvalue weighted by Gasteiger charge is 2.07. The summed E-state index contributed by atoms with van der Waals surface area (Å²) in [5.41, 5.74) is 1.78. The maximum atomic E-state index is 5.32. The summed E-state index contributed by atoms with van der Waals surface area (Å²) < 4.78 is 15.9. The molecule has 2 aromatic carbocycles. The first-order chi connectivity index (χ1) is 13.2. The third-order valence-corrected chi connectivity index (χ3v) is 3.83. The minimum atomic E-state index is 0.372. The molecule has 0 unspecified atom stereocenters. The Bertz CT molecular complexity index is 904. The van der Waals surface area contributed by atoms with Gasteiger partial charge in [0.25, 0.3) is 0 Å². The number of methoxy groups -OCH3 is 3. The fourth-order valence-electron chi connectivity index (χ4n) is 2.49. The van der Waals surface area contributed by atoms with Crippen molar-refractivity contribution >= 4 is 17.5 Å². The van der Waals surface area contributed by atoms with Crippen molar-refractivity contribution in [2.24, 2.45) is 0 Å². The first kappa shape index (κ1) is 18.2. The van der Waals surface area contributed by atoms with Gasteiger partial charge >= 0.3 is 0 Å². The summed E-state index contributed by atoms with van der Waals surface area (Å²) in [6, 6.07) is 13.3. The van der Waals surface area contributed by atoms with Crippen LogP contribution in [0.15, 0.2) is 48.7 Å². The van der Waals surface area contributed by atoms with Crippen molar-refractivity contribution < 1.29 is 14.2 Å². The molecule has 0 aliphatic rings. The van der Waals surface area contributed by atoms with Gasteiger partial charge in [-0.3, -0.25) is 0 Å². The molecule has 140 valence electrons. The zero-order valence-electron chi connectivity index (χ0n) is 15.4. The van der Waals surface area contributed by atoms with Gasteiger partial charge in [-0.25, -0.2) is 0 Å². The zero-order valence-corrected chi connectivity index (χ0v) is 15.4. The Labute approximate surface area is 157 Å². The maximum Gasteiger partial charge on any atom is 0.249 e. The van der Waals surface area contributed by atoms with E-state index < -0.39 is 0 Å². The van der Waals surface area contributed by atoms with E-state index in [1.807, 2.05) is 42.5 Å². The number of benzene rings is 2. The topological polar surface area (TPSA) is 90.4 Å². The number of hydrogen-bond donors (Lipinski definition) is 2. The van der Waals surface area contributed by atoms with Gasteiger partial charge in [-0.15, -0.1) is 5.10 Å². The van der Waals surface area contributed by atoms with E-state index in [0.29, 0.717) is 35.6 Å². The smallest absolute Gasteiger partial charge is 0.249 e. The standard InChI is InChI=1S/C19H21N5O3/c1-25-15-7-5-4-6-14(15)22-19-23-18(12-21-24-19)20-11-13-8-9-16(26-2)17(10-13)27-3/h4-10,12H,11H2,1-3H3,(H2,20,22,23,24). The van der Waals surface area contributed by atoms with Crippen LogP contribution < -0.4 is 24.8 Å². The van der Waals surface area contributed by atoms with Crippen molar-refractivity contribution in [1.82, 2.24) is 15.2 Å². The number of hydrogen-bond acceptors (Lipinski definition) is 8. The molecule has 0 radical (unpaired) electrons. The summed E-state index contributed by atoms with van der Waals surface area (Å²) in [4.78, 5) is 4.43. The Balaban J connectivity index is 1.69. The lowest BCUT2D eigenvalue weighted by molar-refractivity contribution is 0.354. The summed E-state index contributed by atoms with van der Waals surface area (Å²) in [7, 11) is 4.83. The predicted molar refractivity (Wildman–Crippen MR) is 103 cm³/mol. The van der Waals surface area contributed by atoms with Crippen LogP contribution in [-0.2, 0) is 6.54 Å². The highest BCUT2D eigenvalue weighted by molar-refractivity contribution is 5.62. The number of anilines is 3. The average molecular weight is 367 g/mol. The monoisotopic (exact) mass is 367 g/mol. The van der Waals surface area contributed by atoms with E-state index in [2.05, 4.69) is 25.8 Å². The normalized spacial score (nSPS) is 10.2. The first-order valence-electron chi connectivity index (χ1n) is 8.28. The van der Waals surface area contributed by atoms with Gasteiger partial charge in [0.05, 0.1) is 33.2 Å². The molecule has 0 spiro atoms. The summed E-state index contributed by atoms with van der Waals surface area (Å²) >= 11 is 0. The molecule has 1 heterocycles. The Morgan fingerprint density at radius 2 is 1.67 bits per heavy atom. The molecule has 27 heavy (non-hydrogen) atoms. The molecule has 0 bridgehead atoms. The first-order valence-corrected chi connectivity index (χ1v) is 8.28. The molecule has 0 saturated carbocycles. The highest BCUT2D eigenvalue weighted by atomic mass is 16.5. The van der Waals surface area contributed by atoms with E-state index in [-0.39, 0.29) is 0 Å². The second kappa shape index (κ2) is 8.70. The summed E-state index contributed by atoms with van der Waals surface area (Å²) in [5.74, 6) is 3.03. The van der Waals surface area contributed by atoms with Crippen molar-refractivity contribution in [1.29, 1.82) is 0 Å². The second-order valence-electron chi connectivity index (χ2n) is 5.53. The van der Waals surface area contributed by atoms with Crippen LogP contribution in [-0.4, -0.2) is 36.5 Å². The molecule has 3 rings (SSSR count). The van der Waals surface area contributed by atoms with Crippen LogP contribution in [0.4, 0.5) is 17.5 Å². The van der Waals surface area contributed by atoms with Crippen LogP contribution >= 0.6 is 0 Å². The Morgan fingerprint density at radius 3 is 2.44 bits per heavy atom. The third-order valence-electron chi connectivity index (χ3n) is 3.83. The van der Waals surface area contributed by atoms with E-state index in [0.717, 1.165) is 11.3 Å². The number of para-hydroxylation sites is 2. The highest BCUT2D eigenvalue weighted by Crippen LogP contribution is 2.28. The van der Waals surface area contributed by atoms with Gasteiger partial charge in [0.15, 0.2) is 17.3 Å². The van der Waals surface area contributed by atoms with Crippen LogP contribution in [0, 0.1) is 0 Å². The minimum Gasteiger partial charge on any atom is -0.495 e. The van der Waals surface area contributed by atoms with Gasteiger partial charge in [0.2, 0.25) is 5.95 Å². The lowest BCUT2D eigenvalue weighted by Gasteiger charge is -2.11. The fourth-order valence-corrected chi connectivity index (χ4v) is 2.49. The summed E-state index contributed by atoms with van der Waals surface area (Å²) in [6.07, 6.45) is 1.56. The van der Waals surface area contributed by atoms with E-state index >= 15 is 0 Å². The lowest BCUT2D eigenvalue weighted by Crippen LogP contribution is -2.06. The molecule has 0 fully saturated rings. The van der Waals surface area contributed by atoms with Crippen molar-refractivity contribution in [3.05, 3.63) is 54.2 Å². The van der Waals surface area contributed by atoms with Crippen LogP contribution in [0.2, 0.25) is 0 Å². The number of ether oxygens (including phenoxy) is 3. The molecule has 0 aliphatic carbocycles. The molecule has 8 heteroatoms. The number of aromatic nitrogens is 3. The summed E-state index contributed by atoms with van der Waals surface area (Å²) in [5, 5.41) is 14.3. The molecule has 0 atom stereocenters. The SMILES string of the molecule is COc1ccccc1Nc1nncc(NCc2ccc(OC)c(OC)c2)n1. The van der Waals surface area contributed by atoms with Gasteiger partial charge in [0, 0.05) is 6.54 Å². The third kappa shape index (κ3) is 4.55. The van der Waals surface area contributed by atoms with Crippen molar-refractivity contribution in [3.63, 3.8) is 0 Å². The molecule has 0 saturated heterocycles. The maximum absolute atomic E-state index is 5.32. The van der Waals surface area contributed by atoms with E-state index in [4.69, 9.17) is 14.2 Å². The van der Waals surface area contributed by atoms with Crippen LogP contribution in [0.25, 0.3) is 0 Å². The van der Waals surface area contributed by atoms with E-state index in [1.165, 1.54) is 0 Å². The quantitative estimate of drug-likeness (QED) is 0.627. The van der Waals surface area contributed by atoms with Crippen LogP contribution in [0.1, 0.15) is 5.56 Å². The van der Waals surface area contributed by atoms with Crippen molar-refractivity contribution in [3.8, 4) is 17.2 Å². The Morgan fingerprint density at radius 1 is 0.889 bits per heavy atom. The minimum absolute atomic E-state index is 0.372. The molecule has 8 nitrogen and oxygen atoms in total. The fraction of sp³-hybridized carbons (Fsp3) is 0.211. The van der Waals surface area contributed by atoms with Crippen molar-refractivity contribution in [2.45, 2.75) is 6.54 Å². The number of nitrogens with zero attached hydrogens (tertiary/aromatic N) is 3. The van der Waals surface area contributed by atoms with Gasteiger partial charge in [-0.1, -0.05) is 18.2 Å². The predicted octanol–water partition coefficient (Wildman–Crippen LogP) is 3.25. The zero-order chi connectivity index (χ0) is 19.1. The molecule has 1 aromatic heterocycles. The van der Waals surface area contributed by atoms with Gasteiger partial charge in [0.1, 0.15) is 5.75 Å². The number of rotatable bonds is 8. The summed E-state index contributed by atoms with van der Waals surface area (Å²) in [6.45, 7) is 0.549. The Hall–Kier alpha value is -3.55. The molecule has 0 amide bonds.